The summed E-state index contributed by atoms with van der Waals surface area (Å²) in [6.07, 6.45) is 81.7. The van der Waals surface area contributed by atoms with Crippen molar-refractivity contribution in [3.8, 4) is 0 Å². The van der Waals surface area contributed by atoms with E-state index in [1.165, 1.54) is 315 Å². The van der Waals surface area contributed by atoms with E-state index < -0.39 is 36.9 Å². The molecular formula is C70H137NO5. The highest BCUT2D eigenvalue weighted by molar-refractivity contribution is 5.80. The Morgan fingerprint density at radius 3 is 0.829 bits per heavy atom. The van der Waals surface area contributed by atoms with Crippen molar-refractivity contribution in [1.29, 1.82) is 0 Å². The van der Waals surface area contributed by atoms with E-state index in [-0.39, 0.29) is 0 Å². The van der Waals surface area contributed by atoms with Gasteiger partial charge >= 0.3 is 0 Å². The molecular weight excluding hydrogens is 935 g/mol. The Hall–Kier alpha value is -1.21. The van der Waals surface area contributed by atoms with Gasteiger partial charge in [0.15, 0.2) is 0 Å². The fourth-order valence-corrected chi connectivity index (χ4v) is 11.3. The molecule has 0 aliphatic heterocycles. The number of nitrogens with one attached hydrogen (secondary N) is 1. The highest BCUT2D eigenvalue weighted by Crippen LogP contribution is 2.19. The number of amides is 1. The summed E-state index contributed by atoms with van der Waals surface area (Å²) in [4.78, 5) is 12.6. The van der Waals surface area contributed by atoms with Crippen LogP contribution in [-0.2, 0) is 4.79 Å². The molecule has 6 heteroatoms. The number of hydrogen-bond donors (Lipinski definition) is 5. The lowest BCUT2D eigenvalue weighted by molar-refractivity contribution is -0.132. The van der Waals surface area contributed by atoms with Gasteiger partial charge in [-0.05, 0) is 51.4 Å². The Bertz CT molecular complexity index is 1160. The van der Waals surface area contributed by atoms with Gasteiger partial charge in [-0.1, -0.05) is 359 Å². The molecule has 0 aromatic heterocycles. The standard InChI is InChI=1S/C70H137NO5/c1-3-5-7-9-11-13-15-17-19-21-23-25-27-28-29-30-31-32-33-34-35-36-37-38-39-40-41-42-44-46-48-50-52-54-56-58-60-62-64-68(74)70(76)71-66(65-72)69(75)67(73)63-61-59-57-55-53-51-49-47-45-43-26-24-22-20-18-16-14-12-10-8-6-4-2/h47,49,55,57,66-69,72-75H,3-46,48,50-54,56,58-65H2,1-2H3,(H,71,76)/b49-47+,57-55+. The summed E-state index contributed by atoms with van der Waals surface area (Å²) in [7, 11) is 0. The Morgan fingerprint density at radius 2 is 0.553 bits per heavy atom. The maximum absolute atomic E-state index is 12.6. The zero-order valence-electron chi connectivity index (χ0n) is 51.5. The smallest absolute Gasteiger partial charge is 0.249 e. The number of rotatable bonds is 65. The molecule has 0 saturated heterocycles. The van der Waals surface area contributed by atoms with Gasteiger partial charge in [0.2, 0.25) is 5.91 Å². The third kappa shape index (κ3) is 57.5. The topological polar surface area (TPSA) is 110 Å². The number of carbonyl (C=O) groups is 1. The van der Waals surface area contributed by atoms with Crippen molar-refractivity contribution in [2.45, 2.75) is 411 Å². The van der Waals surface area contributed by atoms with Gasteiger partial charge in [-0.15, -0.1) is 0 Å². The van der Waals surface area contributed by atoms with Gasteiger partial charge in [0, 0.05) is 0 Å². The van der Waals surface area contributed by atoms with Crippen molar-refractivity contribution in [2.75, 3.05) is 6.61 Å². The number of aliphatic hydroxyl groups is 4. The van der Waals surface area contributed by atoms with E-state index in [2.05, 4.69) is 43.5 Å². The molecule has 4 atom stereocenters. The molecule has 4 unspecified atom stereocenters. The van der Waals surface area contributed by atoms with E-state index in [1.54, 1.807) is 0 Å². The van der Waals surface area contributed by atoms with Crippen molar-refractivity contribution in [3.63, 3.8) is 0 Å². The average molecular weight is 1070 g/mol. The summed E-state index contributed by atoms with van der Waals surface area (Å²) in [6, 6.07) is -1.01. The van der Waals surface area contributed by atoms with Crippen LogP contribution in [0.2, 0.25) is 0 Å². The number of carbonyl (C=O) groups excluding carboxylic acids is 1. The summed E-state index contributed by atoms with van der Waals surface area (Å²) in [5.41, 5.74) is 0. The Morgan fingerprint density at radius 1 is 0.316 bits per heavy atom. The second-order valence-electron chi connectivity index (χ2n) is 24.2. The first-order valence-corrected chi connectivity index (χ1v) is 34.7. The predicted octanol–water partition coefficient (Wildman–Crippen LogP) is 21.3. The number of allylic oxidation sites excluding steroid dienone is 4. The Labute approximate surface area is 475 Å². The minimum Gasteiger partial charge on any atom is -0.394 e. The Kier molecular flexibility index (Phi) is 63.6. The third-order valence-electron chi connectivity index (χ3n) is 16.6. The first-order chi connectivity index (χ1) is 37.5. The molecule has 0 spiro atoms. The van der Waals surface area contributed by atoms with Crippen LogP contribution in [-0.4, -0.2) is 57.3 Å². The van der Waals surface area contributed by atoms with Gasteiger partial charge in [-0.2, -0.15) is 0 Å². The van der Waals surface area contributed by atoms with Crippen molar-refractivity contribution >= 4 is 5.91 Å². The molecule has 0 aliphatic rings. The zero-order chi connectivity index (χ0) is 55.1. The van der Waals surface area contributed by atoms with Crippen LogP contribution in [0.4, 0.5) is 0 Å². The second-order valence-corrected chi connectivity index (χ2v) is 24.2. The lowest BCUT2D eigenvalue weighted by Crippen LogP contribution is -2.53. The first kappa shape index (κ1) is 74.8. The molecule has 0 aliphatic carbocycles. The van der Waals surface area contributed by atoms with Gasteiger partial charge in [0.25, 0.3) is 0 Å². The quantitative estimate of drug-likeness (QED) is 0.0308. The molecule has 1 amide bonds. The summed E-state index contributed by atoms with van der Waals surface area (Å²) < 4.78 is 0. The number of hydrogen-bond acceptors (Lipinski definition) is 5. The van der Waals surface area contributed by atoms with Gasteiger partial charge in [-0.3, -0.25) is 4.79 Å². The van der Waals surface area contributed by atoms with E-state index >= 15 is 0 Å². The van der Waals surface area contributed by atoms with E-state index in [9.17, 15) is 25.2 Å². The molecule has 6 nitrogen and oxygen atoms in total. The summed E-state index contributed by atoms with van der Waals surface area (Å²) in [6.45, 7) is 4.09. The minimum atomic E-state index is -1.29. The van der Waals surface area contributed by atoms with Gasteiger partial charge in [-0.25, -0.2) is 0 Å². The van der Waals surface area contributed by atoms with Crippen LogP contribution in [0.25, 0.3) is 0 Å². The largest absolute Gasteiger partial charge is 0.394 e. The third-order valence-corrected chi connectivity index (χ3v) is 16.6. The maximum Gasteiger partial charge on any atom is 0.249 e. The molecule has 5 N–H and O–H groups in total. The van der Waals surface area contributed by atoms with E-state index in [4.69, 9.17) is 0 Å². The fourth-order valence-electron chi connectivity index (χ4n) is 11.3. The van der Waals surface area contributed by atoms with E-state index in [1.807, 2.05) is 0 Å². The SMILES string of the molecule is CCCCCCCCCCCCCCC/C=C/CC/C=C/CCCC(O)C(O)C(CO)NC(=O)C(O)CCCCCCCCCCCCCCCCCCCCCCCCCCCCCCCCCCCCCCCC. The van der Waals surface area contributed by atoms with Crippen LogP contribution in [0.3, 0.4) is 0 Å². The average Bonchev–Trinajstić information content (AvgIpc) is 3.42. The summed E-state index contributed by atoms with van der Waals surface area (Å²) in [5, 5.41) is 44.1. The minimum absolute atomic E-state index is 0.365. The second kappa shape index (κ2) is 64.6. The lowest BCUT2D eigenvalue weighted by atomic mass is 10.00. The molecule has 0 bridgehead atoms. The van der Waals surface area contributed by atoms with Crippen LogP contribution >= 0.6 is 0 Å². The van der Waals surface area contributed by atoms with Crippen LogP contribution < -0.4 is 5.32 Å². The van der Waals surface area contributed by atoms with Crippen molar-refractivity contribution in [3.05, 3.63) is 24.3 Å². The molecule has 0 aromatic rings. The maximum atomic E-state index is 12.6. The molecule has 452 valence electrons. The number of unbranched alkanes of at least 4 members (excludes halogenated alkanes) is 52. The van der Waals surface area contributed by atoms with E-state index in [0.29, 0.717) is 19.3 Å². The highest BCUT2D eigenvalue weighted by Gasteiger charge is 2.28. The summed E-state index contributed by atoms with van der Waals surface area (Å²) in [5.74, 6) is -0.590. The van der Waals surface area contributed by atoms with Gasteiger partial charge < -0.3 is 25.7 Å². The summed E-state index contributed by atoms with van der Waals surface area (Å²) >= 11 is 0. The predicted molar refractivity (Wildman–Crippen MR) is 334 cm³/mol. The Balaban J connectivity index is 3.52. The monoisotopic (exact) mass is 1070 g/mol. The first-order valence-electron chi connectivity index (χ1n) is 34.7. The molecule has 0 aromatic carbocycles. The van der Waals surface area contributed by atoms with Gasteiger partial charge in [0.1, 0.15) is 12.2 Å². The van der Waals surface area contributed by atoms with E-state index in [0.717, 1.165) is 38.5 Å². The highest BCUT2D eigenvalue weighted by atomic mass is 16.3. The van der Waals surface area contributed by atoms with Crippen molar-refractivity contribution in [2.24, 2.45) is 0 Å². The van der Waals surface area contributed by atoms with Crippen LogP contribution in [0.1, 0.15) is 386 Å². The molecule has 0 rings (SSSR count). The molecule has 0 radical (unpaired) electrons. The molecule has 76 heavy (non-hydrogen) atoms. The molecule has 0 saturated carbocycles. The zero-order valence-corrected chi connectivity index (χ0v) is 51.5. The van der Waals surface area contributed by atoms with Gasteiger partial charge in [0.05, 0.1) is 18.8 Å². The molecule has 0 fully saturated rings. The van der Waals surface area contributed by atoms with Crippen LogP contribution in [0.15, 0.2) is 24.3 Å². The number of aliphatic hydroxyl groups excluding tert-OH is 4. The normalized spacial score (nSPS) is 13.6. The van der Waals surface area contributed by atoms with Crippen LogP contribution in [0, 0.1) is 0 Å². The van der Waals surface area contributed by atoms with Crippen LogP contribution in [0.5, 0.6) is 0 Å². The molecule has 0 heterocycles. The fraction of sp³-hybridized carbons (Fsp3) is 0.929. The van der Waals surface area contributed by atoms with Crippen molar-refractivity contribution < 1.29 is 25.2 Å². The lowest BCUT2D eigenvalue weighted by Gasteiger charge is -2.27. The van der Waals surface area contributed by atoms with Crippen molar-refractivity contribution in [1.82, 2.24) is 5.32 Å².